The van der Waals surface area contributed by atoms with Crippen molar-refractivity contribution >= 4 is 39.0 Å². The number of anilines is 2. The van der Waals surface area contributed by atoms with E-state index in [1.54, 1.807) is 17.5 Å². The van der Waals surface area contributed by atoms with E-state index in [-0.39, 0.29) is 6.04 Å². The molecule has 0 bridgehead atoms. The zero-order valence-electron chi connectivity index (χ0n) is 11.8. The lowest BCUT2D eigenvalue weighted by molar-refractivity contribution is 0.850. The minimum absolute atomic E-state index is 0.110. The van der Waals surface area contributed by atoms with Gasteiger partial charge in [0.2, 0.25) is 5.95 Å². The lowest BCUT2D eigenvalue weighted by atomic mass is 10.3. The summed E-state index contributed by atoms with van der Waals surface area (Å²) in [4.78, 5) is 13.2. The highest BCUT2D eigenvalue weighted by Crippen LogP contribution is 2.26. The summed E-state index contributed by atoms with van der Waals surface area (Å²) in [7, 11) is 0. The van der Waals surface area contributed by atoms with Crippen molar-refractivity contribution in [1.82, 2.24) is 15.0 Å². The van der Waals surface area contributed by atoms with Crippen LogP contribution in [-0.4, -0.2) is 21.5 Å². The van der Waals surface area contributed by atoms with E-state index >= 15 is 0 Å². The number of aromatic nitrogens is 3. The Labute approximate surface area is 131 Å². The maximum Gasteiger partial charge on any atom is 0.224 e. The van der Waals surface area contributed by atoms with Gasteiger partial charge in [-0.3, -0.25) is 0 Å². The van der Waals surface area contributed by atoms with Crippen molar-refractivity contribution in [2.24, 2.45) is 0 Å². The Bertz CT molecular complexity index is 572. The fourth-order valence-electron chi connectivity index (χ4n) is 1.63. The molecule has 20 heavy (non-hydrogen) atoms. The number of thiazole rings is 1. The standard InChI is InChI=1S/C13H18BrN5S/c1-4-5-15-13-16-6-10(14)11(19-13)18-9(3)12-17-8(2)7-20-12/h6-7,9H,4-5H2,1-3H3,(H2,15,16,18,19). The molecule has 0 aliphatic rings. The van der Waals surface area contributed by atoms with E-state index in [0.717, 1.165) is 34.0 Å². The molecule has 0 radical (unpaired) electrons. The molecule has 0 aliphatic carbocycles. The van der Waals surface area contributed by atoms with E-state index < -0.39 is 0 Å². The van der Waals surface area contributed by atoms with E-state index in [0.29, 0.717) is 5.95 Å². The molecular formula is C13H18BrN5S. The summed E-state index contributed by atoms with van der Waals surface area (Å²) in [5.74, 6) is 1.42. The van der Waals surface area contributed by atoms with Gasteiger partial charge in [0.05, 0.1) is 10.5 Å². The minimum atomic E-state index is 0.110. The second-order valence-corrected chi connectivity index (χ2v) is 6.25. The van der Waals surface area contributed by atoms with Crippen molar-refractivity contribution in [3.05, 3.63) is 26.8 Å². The third-order valence-electron chi connectivity index (χ3n) is 2.64. The molecule has 108 valence electrons. The van der Waals surface area contributed by atoms with Gasteiger partial charge in [0.15, 0.2) is 0 Å². The molecule has 1 unspecified atom stereocenters. The Balaban J connectivity index is 2.11. The first-order valence-electron chi connectivity index (χ1n) is 6.55. The molecule has 0 spiro atoms. The molecule has 5 nitrogen and oxygen atoms in total. The summed E-state index contributed by atoms with van der Waals surface area (Å²) < 4.78 is 0.847. The lowest BCUT2D eigenvalue weighted by Crippen LogP contribution is -2.11. The quantitative estimate of drug-likeness (QED) is 0.819. The van der Waals surface area contributed by atoms with Gasteiger partial charge in [-0.05, 0) is 36.2 Å². The first-order chi connectivity index (χ1) is 9.60. The first-order valence-corrected chi connectivity index (χ1v) is 8.22. The fraction of sp³-hybridized carbons (Fsp3) is 0.462. The van der Waals surface area contributed by atoms with Crippen LogP contribution >= 0.6 is 27.3 Å². The number of nitrogens with one attached hydrogen (secondary N) is 2. The van der Waals surface area contributed by atoms with Crippen LogP contribution in [0, 0.1) is 6.92 Å². The molecule has 0 saturated carbocycles. The zero-order valence-corrected chi connectivity index (χ0v) is 14.2. The van der Waals surface area contributed by atoms with Crippen LogP contribution in [0.4, 0.5) is 11.8 Å². The van der Waals surface area contributed by atoms with Gasteiger partial charge < -0.3 is 10.6 Å². The van der Waals surface area contributed by atoms with Crippen LogP contribution < -0.4 is 10.6 Å². The smallest absolute Gasteiger partial charge is 0.224 e. The average molecular weight is 356 g/mol. The van der Waals surface area contributed by atoms with Crippen LogP contribution in [0.15, 0.2) is 16.0 Å². The molecular weight excluding hydrogens is 338 g/mol. The molecule has 2 heterocycles. The van der Waals surface area contributed by atoms with Gasteiger partial charge >= 0.3 is 0 Å². The summed E-state index contributed by atoms with van der Waals surface area (Å²) in [6.07, 6.45) is 2.80. The number of nitrogens with zero attached hydrogens (tertiary/aromatic N) is 3. The third-order valence-corrected chi connectivity index (χ3v) is 4.36. The number of hydrogen-bond donors (Lipinski definition) is 2. The topological polar surface area (TPSA) is 62.7 Å². The van der Waals surface area contributed by atoms with Gasteiger partial charge in [0.1, 0.15) is 10.8 Å². The fourth-order valence-corrected chi connectivity index (χ4v) is 2.74. The second kappa shape index (κ2) is 6.99. The van der Waals surface area contributed by atoms with Gasteiger partial charge in [0, 0.05) is 23.8 Å². The first kappa shape index (κ1) is 15.2. The van der Waals surface area contributed by atoms with E-state index in [1.807, 2.05) is 6.92 Å². The molecule has 0 saturated heterocycles. The van der Waals surface area contributed by atoms with Gasteiger partial charge in [-0.25, -0.2) is 9.97 Å². The summed E-state index contributed by atoms with van der Waals surface area (Å²) in [5, 5.41) is 9.65. The predicted molar refractivity (Wildman–Crippen MR) is 87.4 cm³/mol. The molecule has 2 rings (SSSR count). The van der Waals surface area contributed by atoms with Crippen molar-refractivity contribution in [2.75, 3.05) is 17.2 Å². The highest BCUT2D eigenvalue weighted by atomic mass is 79.9. The summed E-state index contributed by atoms with van der Waals surface area (Å²) in [5.41, 5.74) is 1.05. The number of hydrogen-bond acceptors (Lipinski definition) is 6. The highest BCUT2D eigenvalue weighted by Gasteiger charge is 2.12. The Morgan fingerprint density at radius 1 is 1.40 bits per heavy atom. The SMILES string of the molecule is CCCNc1ncc(Br)c(NC(C)c2nc(C)cs2)n1. The Morgan fingerprint density at radius 2 is 2.20 bits per heavy atom. The molecule has 2 N–H and O–H groups in total. The van der Waals surface area contributed by atoms with E-state index in [4.69, 9.17) is 0 Å². The Morgan fingerprint density at radius 3 is 2.85 bits per heavy atom. The Hall–Kier alpha value is -1.21. The van der Waals surface area contributed by atoms with E-state index in [2.05, 4.69) is 60.7 Å². The van der Waals surface area contributed by atoms with Crippen molar-refractivity contribution in [2.45, 2.75) is 33.2 Å². The van der Waals surface area contributed by atoms with E-state index in [9.17, 15) is 0 Å². The maximum absolute atomic E-state index is 4.49. The van der Waals surface area contributed by atoms with Crippen LogP contribution in [0.25, 0.3) is 0 Å². The summed E-state index contributed by atoms with van der Waals surface area (Å²) in [6, 6.07) is 0.110. The lowest BCUT2D eigenvalue weighted by Gasteiger charge is -2.14. The van der Waals surface area contributed by atoms with Crippen molar-refractivity contribution in [1.29, 1.82) is 0 Å². The monoisotopic (exact) mass is 355 g/mol. The summed E-state index contributed by atoms with van der Waals surface area (Å²) >= 11 is 5.13. The molecule has 0 aliphatic heterocycles. The van der Waals surface area contributed by atoms with Crippen LogP contribution in [0.5, 0.6) is 0 Å². The van der Waals surface area contributed by atoms with Gasteiger partial charge in [0.25, 0.3) is 0 Å². The van der Waals surface area contributed by atoms with Crippen LogP contribution in [0.2, 0.25) is 0 Å². The van der Waals surface area contributed by atoms with Crippen molar-refractivity contribution in [3.63, 3.8) is 0 Å². The largest absolute Gasteiger partial charge is 0.360 e. The highest BCUT2D eigenvalue weighted by molar-refractivity contribution is 9.10. The van der Waals surface area contributed by atoms with Crippen LogP contribution in [-0.2, 0) is 0 Å². The average Bonchev–Trinajstić information content (AvgIpc) is 2.86. The van der Waals surface area contributed by atoms with Gasteiger partial charge in [-0.1, -0.05) is 6.92 Å². The number of aryl methyl sites for hydroxylation is 1. The second-order valence-electron chi connectivity index (χ2n) is 4.51. The van der Waals surface area contributed by atoms with Gasteiger partial charge in [-0.2, -0.15) is 4.98 Å². The van der Waals surface area contributed by atoms with E-state index in [1.165, 1.54) is 0 Å². The molecule has 0 fully saturated rings. The zero-order chi connectivity index (χ0) is 14.5. The van der Waals surface area contributed by atoms with Gasteiger partial charge in [-0.15, -0.1) is 11.3 Å². The molecule has 1 atom stereocenters. The maximum atomic E-state index is 4.49. The normalized spacial score (nSPS) is 12.2. The molecule has 2 aromatic heterocycles. The molecule has 2 aromatic rings. The minimum Gasteiger partial charge on any atom is -0.360 e. The number of rotatable bonds is 6. The molecule has 7 heteroatoms. The third kappa shape index (κ3) is 3.89. The Kier molecular flexibility index (Phi) is 5.31. The van der Waals surface area contributed by atoms with Crippen molar-refractivity contribution in [3.8, 4) is 0 Å². The van der Waals surface area contributed by atoms with Crippen LogP contribution in [0.1, 0.15) is 37.0 Å². The van der Waals surface area contributed by atoms with Crippen LogP contribution in [0.3, 0.4) is 0 Å². The predicted octanol–water partition coefficient (Wildman–Crippen LogP) is 4.00. The summed E-state index contributed by atoms with van der Waals surface area (Å²) in [6.45, 7) is 7.05. The van der Waals surface area contributed by atoms with Crippen molar-refractivity contribution < 1.29 is 0 Å². The molecule has 0 amide bonds. The molecule has 0 aromatic carbocycles. The number of halogens is 1.